The van der Waals surface area contributed by atoms with Crippen LogP contribution in [-0.2, 0) is 17.1 Å². The first-order chi connectivity index (χ1) is 9.69. The third-order valence-electron chi connectivity index (χ3n) is 2.37. The Morgan fingerprint density at radius 1 is 0.810 bits per heavy atom. The fourth-order valence-corrected chi connectivity index (χ4v) is 1.26. The molecule has 2 heterocycles. The predicted octanol–water partition coefficient (Wildman–Crippen LogP) is 2.56. The van der Waals surface area contributed by atoms with Crippen LogP contribution in [0.25, 0.3) is 0 Å². The maximum absolute atomic E-state index is 8.34. The SMILES string of the molecule is C/C(=N/O)c1ccccn1.C/C(=N/O)c1ccccn1.[Mn]. The maximum atomic E-state index is 8.34. The van der Waals surface area contributed by atoms with Gasteiger partial charge in [-0.1, -0.05) is 22.4 Å². The van der Waals surface area contributed by atoms with Gasteiger partial charge in [0.05, 0.1) is 11.4 Å². The topological polar surface area (TPSA) is 91.0 Å². The summed E-state index contributed by atoms with van der Waals surface area (Å²) in [7, 11) is 0. The molecule has 0 aliphatic heterocycles. The smallest absolute Gasteiger partial charge is 0.102 e. The molecule has 7 heteroatoms. The van der Waals surface area contributed by atoms with Crippen LogP contribution in [0.3, 0.4) is 0 Å². The molecule has 0 atom stereocenters. The van der Waals surface area contributed by atoms with E-state index in [2.05, 4.69) is 20.3 Å². The Bertz CT molecular complexity index is 521. The average Bonchev–Trinajstić information content (AvgIpc) is 2.55. The van der Waals surface area contributed by atoms with Gasteiger partial charge in [-0.15, -0.1) is 0 Å². The van der Waals surface area contributed by atoms with Crippen molar-refractivity contribution in [1.29, 1.82) is 0 Å². The third kappa shape index (κ3) is 6.65. The monoisotopic (exact) mass is 327 g/mol. The molecule has 0 aliphatic rings. The fraction of sp³-hybridized carbons (Fsp3) is 0.143. The Morgan fingerprint density at radius 3 is 1.43 bits per heavy atom. The Labute approximate surface area is 133 Å². The third-order valence-corrected chi connectivity index (χ3v) is 2.37. The number of oxime groups is 2. The van der Waals surface area contributed by atoms with Crippen molar-refractivity contribution in [1.82, 2.24) is 9.97 Å². The van der Waals surface area contributed by atoms with E-state index in [4.69, 9.17) is 10.4 Å². The zero-order chi connectivity index (χ0) is 14.8. The summed E-state index contributed by atoms with van der Waals surface area (Å²) in [6.45, 7) is 3.39. The van der Waals surface area contributed by atoms with Crippen molar-refractivity contribution in [2.24, 2.45) is 10.3 Å². The van der Waals surface area contributed by atoms with Crippen molar-refractivity contribution >= 4 is 11.4 Å². The van der Waals surface area contributed by atoms with E-state index in [9.17, 15) is 0 Å². The first-order valence-corrected chi connectivity index (χ1v) is 5.89. The molecule has 0 fully saturated rings. The summed E-state index contributed by atoms with van der Waals surface area (Å²) < 4.78 is 0. The Kier molecular flexibility index (Phi) is 9.41. The van der Waals surface area contributed by atoms with Gasteiger partial charge in [0.2, 0.25) is 0 Å². The van der Waals surface area contributed by atoms with Crippen molar-refractivity contribution in [2.75, 3.05) is 0 Å². The molecule has 0 aliphatic carbocycles. The minimum atomic E-state index is 0. The van der Waals surface area contributed by atoms with Gasteiger partial charge in [-0.2, -0.15) is 0 Å². The molecule has 0 saturated carbocycles. The molecule has 2 rings (SSSR count). The zero-order valence-corrected chi connectivity index (χ0v) is 12.9. The quantitative estimate of drug-likeness (QED) is 0.384. The number of aromatic nitrogens is 2. The predicted molar refractivity (Wildman–Crippen MR) is 76.5 cm³/mol. The van der Waals surface area contributed by atoms with Crippen LogP contribution >= 0.6 is 0 Å². The summed E-state index contributed by atoms with van der Waals surface area (Å²) in [6.07, 6.45) is 3.31. The minimum absolute atomic E-state index is 0. The van der Waals surface area contributed by atoms with Crippen molar-refractivity contribution in [3.05, 3.63) is 60.2 Å². The van der Waals surface area contributed by atoms with E-state index in [1.54, 1.807) is 38.4 Å². The summed E-state index contributed by atoms with van der Waals surface area (Å²) in [4.78, 5) is 7.92. The van der Waals surface area contributed by atoms with Gasteiger partial charge in [0, 0.05) is 29.5 Å². The van der Waals surface area contributed by atoms with E-state index in [0.29, 0.717) is 22.8 Å². The van der Waals surface area contributed by atoms with E-state index in [1.165, 1.54) is 0 Å². The second kappa shape index (κ2) is 10.5. The summed E-state index contributed by atoms with van der Waals surface area (Å²) in [5.74, 6) is 0. The summed E-state index contributed by atoms with van der Waals surface area (Å²) in [6, 6.07) is 10.9. The zero-order valence-electron chi connectivity index (χ0n) is 11.7. The molecule has 0 unspecified atom stereocenters. The fourth-order valence-electron chi connectivity index (χ4n) is 1.26. The normalized spacial score (nSPS) is 11.0. The van der Waals surface area contributed by atoms with Gasteiger partial charge in [0.15, 0.2) is 0 Å². The molecule has 0 bridgehead atoms. The minimum Gasteiger partial charge on any atom is -0.411 e. The molecule has 2 N–H and O–H groups in total. The van der Waals surface area contributed by atoms with Crippen LogP contribution in [0.2, 0.25) is 0 Å². The molecule has 0 amide bonds. The van der Waals surface area contributed by atoms with Gasteiger partial charge in [-0.25, -0.2) is 0 Å². The van der Waals surface area contributed by atoms with Crippen molar-refractivity contribution < 1.29 is 27.5 Å². The Balaban J connectivity index is 0.000000364. The molecular formula is C14H16MnN4O2. The van der Waals surface area contributed by atoms with E-state index < -0.39 is 0 Å². The second-order valence-corrected chi connectivity index (χ2v) is 3.80. The maximum Gasteiger partial charge on any atom is 0.102 e. The molecule has 0 spiro atoms. The van der Waals surface area contributed by atoms with Crippen molar-refractivity contribution in [2.45, 2.75) is 13.8 Å². The summed E-state index contributed by atoms with van der Waals surface area (Å²) in [5.41, 5.74) is 2.45. The molecule has 6 nitrogen and oxygen atoms in total. The largest absolute Gasteiger partial charge is 0.411 e. The van der Waals surface area contributed by atoms with E-state index in [0.717, 1.165) is 0 Å². The Hall–Kier alpha value is -2.24. The summed E-state index contributed by atoms with van der Waals surface area (Å²) in [5, 5.41) is 22.7. The van der Waals surface area contributed by atoms with Gasteiger partial charge >= 0.3 is 0 Å². The number of rotatable bonds is 2. The standard InChI is InChI=1S/2C7H8N2O.Mn/c2*1-6(9-10)7-4-2-3-5-8-7;/h2*2-5,10H,1H3;/b2*9-6-;. The van der Waals surface area contributed by atoms with Gasteiger partial charge in [-0.3, -0.25) is 9.97 Å². The molecule has 2 aromatic rings. The van der Waals surface area contributed by atoms with Crippen LogP contribution in [-0.4, -0.2) is 31.8 Å². The molecule has 2 aromatic heterocycles. The van der Waals surface area contributed by atoms with E-state index in [-0.39, 0.29) is 17.1 Å². The van der Waals surface area contributed by atoms with Crippen molar-refractivity contribution in [3.8, 4) is 0 Å². The number of hydrogen-bond donors (Lipinski definition) is 2. The van der Waals surface area contributed by atoms with Crippen LogP contribution in [0.1, 0.15) is 25.2 Å². The molecule has 111 valence electrons. The van der Waals surface area contributed by atoms with Gasteiger partial charge in [0.1, 0.15) is 11.4 Å². The molecular weight excluding hydrogens is 311 g/mol. The van der Waals surface area contributed by atoms with Gasteiger partial charge in [-0.05, 0) is 38.1 Å². The number of nitrogens with zero attached hydrogens (tertiary/aromatic N) is 4. The molecule has 0 saturated heterocycles. The van der Waals surface area contributed by atoms with E-state index >= 15 is 0 Å². The van der Waals surface area contributed by atoms with Crippen LogP contribution in [0.4, 0.5) is 0 Å². The first-order valence-electron chi connectivity index (χ1n) is 5.89. The molecule has 1 radical (unpaired) electrons. The molecule has 21 heavy (non-hydrogen) atoms. The van der Waals surface area contributed by atoms with Crippen LogP contribution < -0.4 is 0 Å². The first kappa shape index (κ1) is 18.8. The van der Waals surface area contributed by atoms with Gasteiger partial charge < -0.3 is 10.4 Å². The van der Waals surface area contributed by atoms with Crippen LogP contribution in [0.5, 0.6) is 0 Å². The second-order valence-electron chi connectivity index (χ2n) is 3.80. The Morgan fingerprint density at radius 2 is 1.19 bits per heavy atom. The average molecular weight is 327 g/mol. The van der Waals surface area contributed by atoms with Crippen molar-refractivity contribution in [3.63, 3.8) is 0 Å². The van der Waals surface area contributed by atoms with Crippen LogP contribution in [0, 0.1) is 0 Å². The molecule has 0 aromatic carbocycles. The van der Waals surface area contributed by atoms with E-state index in [1.807, 2.05) is 24.3 Å². The van der Waals surface area contributed by atoms with Gasteiger partial charge in [0.25, 0.3) is 0 Å². The summed E-state index contributed by atoms with van der Waals surface area (Å²) >= 11 is 0. The van der Waals surface area contributed by atoms with Crippen LogP contribution in [0.15, 0.2) is 59.1 Å². The number of pyridine rings is 2. The number of hydrogen-bond acceptors (Lipinski definition) is 6.